The van der Waals surface area contributed by atoms with Crippen LogP contribution in [0.5, 0.6) is 0 Å². The number of nitrogens with zero attached hydrogens (tertiary/aromatic N) is 10. The first-order valence-electron chi connectivity index (χ1n) is 23.4. The second-order valence-electron chi connectivity index (χ2n) is 17.9. The largest absolute Gasteiger partial charge is 0.381 e. The van der Waals surface area contributed by atoms with Crippen molar-refractivity contribution >= 4 is 67.5 Å². The molecule has 0 aliphatic carbocycles. The van der Waals surface area contributed by atoms with Crippen LogP contribution in [0.25, 0.3) is 66.5 Å². The number of piperidine rings is 1. The summed E-state index contributed by atoms with van der Waals surface area (Å²) >= 11 is 18.0. The average molecular weight is 968 g/mol. The van der Waals surface area contributed by atoms with Crippen LogP contribution in [0.4, 0.5) is 0 Å². The molecule has 3 aromatic carbocycles. The molecule has 3 saturated heterocycles. The van der Waals surface area contributed by atoms with Gasteiger partial charge in [-0.1, -0.05) is 71.2 Å². The molecule has 12 rings (SSSR count). The topological polar surface area (TPSA) is 114 Å². The summed E-state index contributed by atoms with van der Waals surface area (Å²) in [4.78, 5) is 15.4. The summed E-state index contributed by atoms with van der Waals surface area (Å²) in [6, 6.07) is 30.9. The summed E-state index contributed by atoms with van der Waals surface area (Å²) in [5.74, 6) is 0.536. The highest BCUT2D eigenvalue weighted by Gasteiger charge is 2.26. The van der Waals surface area contributed by atoms with Crippen LogP contribution < -0.4 is 0 Å². The van der Waals surface area contributed by atoms with Gasteiger partial charge < -0.3 is 14.4 Å². The first-order valence-corrected chi connectivity index (χ1v) is 24.5. The molecule has 0 saturated carbocycles. The number of fused-ring (bicyclic) bond motifs is 3. The zero-order chi connectivity index (χ0) is 46.6. The fourth-order valence-electron chi connectivity index (χ4n) is 9.49. The van der Waals surface area contributed by atoms with Crippen LogP contribution in [0.1, 0.15) is 51.6 Å². The van der Waals surface area contributed by atoms with Crippen molar-refractivity contribution in [2.75, 3.05) is 39.5 Å². The zero-order valence-corrected chi connectivity index (χ0v) is 40.4. The first-order chi connectivity index (χ1) is 33.3. The van der Waals surface area contributed by atoms with Gasteiger partial charge in [0.05, 0.1) is 41.8 Å². The number of rotatable bonds is 8. The van der Waals surface area contributed by atoms with Crippen LogP contribution in [-0.2, 0) is 16.0 Å². The highest BCUT2D eigenvalue weighted by atomic mass is 35.5. The lowest BCUT2D eigenvalue weighted by molar-refractivity contribution is 0.149. The SMILES string of the molecule is CC(C)N1CCC(n2nc(-c3ccc(Cl)cc3)c3cnccc32)CC1.Clc1ccc(-c2nn(CC3CCOC3)c3ccncc23)cc1.Clc1ccc(-c2nn([C@H]3CCOC3)c3ccncc23)cc1. The Balaban J connectivity index is 0.000000119. The fourth-order valence-corrected chi connectivity index (χ4v) is 9.86. The zero-order valence-electron chi connectivity index (χ0n) is 38.1. The van der Waals surface area contributed by atoms with Crippen molar-refractivity contribution in [3.8, 4) is 33.8 Å². The molecule has 0 spiro atoms. The Bertz CT molecular complexity index is 3100. The van der Waals surface area contributed by atoms with Crippen molar-refractivity contribution in [3.63, 3.8) is 0 Å². The maximum Gasteiger partial charge on any atom is 0.102 e. The first kappa shape index (κ1) is 46.0. The second-order valence-corrected chi connectivity index (χ2v) is 19.2. The van der Waals surface area contributed by atoms with Crippen molar-refractivity contribution in [1.82, 2.24) is 49.2 Å². The fraction of sp³-hybridized carbons (Fsp3) is 0.321. The third kappa shape index (κ3) is 10.0. The van der Waals surface area contributed by atoms with Gasteiger partial charge in [-0.2, -0.15) is 15.3 Å². The van der Waals surface area contributed by atoms with E-state index >= 15 is 0 Å². The van der Waals surface area contributed by atoms with Crippen molar-refractivity contribution in [3.05, 3.63) is 143 Å². The molecular formula is C53H53Cl3N10O2. The van der Waals surface area contributed by atoms with Gasteiger partial charge in [-0.15, -0.1) is 0 Å². The van der Waals surface area contributed by atoms with E-state index in [1.807, 2.05) is 122 Å². The third-order valence-electron chi connectivity index (χ3n) is 13.2. The quantitative estimate of drug-likeness (QED) is 0.147. The minimum absolute atomic E-state index is 0.302. The number of aromatic nitrogens is 9. The summed E-state index contributed by atoms with van der Waals surface area (Å²) in [5.41, 5.74) is 9.48. The van der Waals surface area contributed by atoms with E-state index in [4.69, 9.17) is 59.6 Å². The number of likely N-dealkylation sites (tertiary alicyclic amines) is 1. The highest BCUT2D eigenvalue weighted by molar-refractivity contribution is 6.31. The summed E-state index contributed by atoms with van der Waals surface area (Å²) in [6.45, 7) is 10.9. The van der Waals surface area contributed by atoms with E-state index in [0.29, 0.717) is 24.0 Å². The van der Waals surface area contributed by atoms with Gasteiger partial charge in [0.15, 0.2) is 0 Å². The molecule has 6 aromatic heterocycles. The Kier molecular flexibility index (Phi) is 14.1. The number of hydrogen-bond acceptors (Lipinski definition) is 9. The summed E-state index contributed by atoms with van der Waals surface area (Å²) < 4.78 is 17.4. The molecule has 3 aliphatic rings. The minimum Gasteiger partial charge on any atom is -0.381 e. The van der Waals surface area contributed by atoms with E-state index < -0.39 is 0 Å². The predicted octanol–water partition coefficient (Wildman–Crippen LogP) is 12.3. The van der Waals surface area contributed by atoms with Crippen molar-refractivity contribution < 1.29 is 9.47 Å². The van der Waals surface area contributed by atoms with Crippen LogP contribution in [0, 0.1) is 5.92 Å². The molecule has 9 heterocycles. The molecule has 3 fully saturated rings. The van der Waals surface area contributed by atoms with Gasteiger partial charge in [-0.3, -0.25) is 29.0 Å². The van der Waals surface area contributed by atoms with Gasteiger partial charge in [-0.05, 0) is 94.1 Å². The standard InChI is InChI=1S/C20H23ClN4.C17H16ClN3O.C16H14ClN3O/c1-14(2)24-11-8-17(9-12-24)25-19-7-10-22-13-18(19)20(23-25)15-3-5-16(21)6-4-15;18-14-3-1-13(2-4-14)17-15-9-19-7-5-16(15)21(20-17)10-12-6-8-22-11-12;17-12-3-1-11(2-4-12)16-14-9-18-7-5-15(14)20(19-16)13-6-8-21-10-13/h3-7,10,13-14,17H,8-9,11-12H2,1-2H3;1-5,7,9,12H,6,8,10-11H2;1-5,7,9,13H,6,8,10H2/t;;13-/m..0/s1. The van der Waals surface area contributed by atoms with Gasteiger partial charge in [0, 0.05) is 130 Å². The van der Waals surface area contributed by atoms with E-state index in [2.05, 4.69) is 53.8 Å². The summed E-state index contributed by atoms with van der Waals surface area (Å²) in [5, 5.41) is 20.1. The van der Waals surface area contributed by atoms with E-state index in [1.165, 1.54) is 5.52 Å². The number of pyridine rings is 3. The Morgan fingerprint density at radius 1 is 0.515 bits per heavy atom. The smallest absolute Gasteiger partial charge is 0.102 e. The lowest BCUT2D eigenvalue weighted by Crippen LogP contribution is -2.39. The molecule has 2 atom stereocenters. The molecule has 0 N–H and O–H groups in total. The van der Waals surface area contributed by atoms with Crippen LogP contribution >= 0.6 is 34.8 Å². The molecule has 1 unspecified atom stereocenters. The minimum atomic E-state index is 0.302. The van der Waals surface area contributed by atoms with E-state index in [1.54, 1.807) is 0 Å². The third-order valence-corrected chi connectivity index (χ3v) is 14.0. The monoisotopic (exact) mass is 966 g/mol. The number of benzene rings is 3. The van der Waals surface area contributed by atoms with Crippen molar-refractivity contribution in [2.24, 2.45) is 5.92 Å². The number of halogens is 3. The maximum absolute atomic E-state index is 6.04. The molecule has 0 amide bonds. The average Bonchev–Trinajstić information content (AvgIpc) is 4.24. The Hall–Kier alpha value is -5.73. The van der Waals surface area contributed by atoms with Crippen LogP contribution in [0.3, 0.4) is 0 Å². The van der Waals surface area contributed by atoms with E-state index in [-0.39, 0.29) is 0 Å². The van der Waals surface area contributed by atoms with E-state index in [0.717, 1.165) is 148 Å². The second kappa shape index (κ2) is 20.9. The van der Waals surface area contributed by atoms with Gasteiger partial charge in [0.2, 0.25) is 0 Å². The summed E-state index contributed by atoms with van der Waals surface area (Å²) in [6.07, 6.45) is 15.5. The van der Waals surface area contributed by atoms with Gasteiger partial charge >= 0.3 is 0 Å². The lowest BCUT2D eigenvalue weighted by atomic mass is 10.0. The highest BCUT2D eigenvalue weighted by Crippen LogP contribution is 2.35. The van der Waals surface area contributed by atoms with Gasteiger partial charge in [-0.25, -0.2) is 0 Å². The normalized spacial score (nSPS) is 17.7. The molecule has 0 radical (unpaired) electrons. The summed E-state index contributed by atoms with van der Waals surface area (Å²) in [7, 11) is 0. The molecule has 348 valence electrons. The number of ether oxygens (including phenoxy) is 2. The lowest BCUT2D eigenvalue weighted by Gasteiger charge is -2.34. The molecule has 0 bridgehead atoms. The van der Waals surface area contributed by atoms with Crippen molar-refractivity contribution in [1.29, 1.82) is 0 Å². The Labute approximate surface area is 410 Å². The van der Waals surface area contributed by atoms with Gasteiger partial charge in [0.1, 0.15) is 17.1 Å². The Morgan fingerprint density at radius 3 is 1.41 bits per heavy atom. The van der Waals surface area contributed by atoms with Crippen LogP contribution in [0.2, 0.25) is 15.1 Å². The molecule has 68 heavy (non-hydrogen) atoms. The van der Waals surface area contributed by atoms with E-state index in [9.17, 15) is 0 Å². The Morgan fingerprint density at radius 2 is 0.956 bits per heavy atom. The maximum atomic E-state index is 6.04. The molecule has 15 heteroatoms. The molecule has 9 aromatic rings. The van der Waals surface area contributed by atoms with Gasteiger partial charge in [0.25, 0.3) is 0 Å². The molecule has 12 nitrogen and oxygen atoms in total. The predicted molar refractivity (Wildman–Crippen MR) is 272 cm³/mol. The molecule has 3 aliphatic heterocycles. The number of hydrogen-bond donors (Lipinski definition) is 0. The van der Waals surface area contributed by atoms with Crippen LogP contribution in [0.15, 0.2) is 128 Å². The van der Waals surface area contributed by atoms with Crippen molar-refractivity contribution in [2.45, 2.75) is 64.2 Å². The molecular weight excluding hydrogens is 915 g/mol. The van der Waals surface area contributed by atoms with Crippen LogP contribution in [-0.4, -0.2) is 94.8 Å².